The number of nitrogens with zero attached hydrogens (tertiary/aromatic N) is 1. The van der Waals surface area contributed by atoms with Crippen molar-refractivity contribution in [2.75, 3.05) is 20.1 Å². The third kappa shape index (κ3) is 1.04. The molecular formula is C12H22N2. The quantitative estimate of drug-likeness (QED) is 0.632. The highest BCUT2D eigenvalue weighted by Crippen LogP contribution is 2.59. The fourth-order valence-electron chi connectivity index (χ4n) is 4.38. The van der Waals surface area contributed by atoms with Crippen LogP contribution in [0.3, 0.4) is 0 Å². The first-order valence-electron chi connectivity index (χ1n) is 6.16. The Labute approximate surface area is 86.8 Å². The lowest BCUT2D eigenvalue weighted by Crippen LogP contribution is -2.52. The van der Waals surface area contributed by atoms with Gasteiger partial charge in [0.15, 0.2) is 0 Å². The van der Waals surface area contributed by atoms with Crippen molar-refractivity contribution in [2.24, 2.45) is 23.0 Å². The van der Waals surface area contributed by atoms with E-state index in [4.69, 9.17) is 5.73 Å². The van der Waals surface area contributed by atoms with Gasteiger partial charge in [-0.25, -0.2) is 0 Å². The molecule has 2 aliphatic carbocycles. The van der Waals surface area contributed by atoms with Gasteiger partial charge in [-0.1, -0.05) is 0 Å². The molecule has 3 rings (SSSR count). The van der Waals surface area contributed by atoms with E-state index in [-0.39, 0.29) is 0 Å². The predicted octanol–water partition coefficient (Wildman–Crippen LogP) is 1.46. The highest BCUT2D eigenvalue weighted by Gasteiger charge is 2.56. The first-order chi connectivity index (χ1) is 6.72. The van der Waals surface area contributed by atoms with Crippen molar-refractivity contribution < 1.29 is 0 Å². The normalized spacial score (nSPS) is 46.3. The van der Waals surface area contributed by atoms with Crippen LogP contribution in [0.2, 0.25) is 0 Å². The molecule has 0 aromatic carbocycles. The number of fused-ring (bicyclic) bond motifs is 3. The van der Waals surface area contributed by atoms with E-state index in [1.807, 2.05) is 0 Å². The summed E-state index contributed by atoms with van der Waals surface area (Å²) >= 11 is 0. The molecule has 3 atom stereocenters. The summed E-state index contributed by atoms with van der Waals surface area (Å²) in [5, 5.41) is 0. The topological polar surface area (TPSA) is 29.3 Å². The fourth-order valence-corrected chi connectivity index (χ4v) is 4.38. The molecule has 2 saturated carbocycles. The zero-order valence-corrected chi connectivity index (χ0v) is 9.21. The second-order valence-electron chi connectivity index (χ2n) is 5.83. The molecule has 0 unspecified atom stereocenters. The molecule has 0 radical (unpaired) electrons. The number of likely N-dealkylation sites (tertiary alicyclic amines) is 1. The van der Waals surface area contributed by atoms with Gasteiger partial charge in [0.05, 0.1) is 0 Å². The Balaban J connectivity index is 1.83. The molecule has 80 valence electrons. The molecule has 2 heteroatoms. The second kappa shape index (κ2) is 2.96. The van der Waals surface area contributed by atoms with Gasteiger partial charge in [-0.05, 0) is 69.5 Å². The molecule has 1 spiro atoms. The Morgan fingerprint density at radius 3 is 2.50 bits per heavy atom. The number of piperidine rings is 1. The largest absolute Gasteiger partial charge is 0.327 e. The van der Waals surface area contributed by atoms with Crippen molar-refractivity contribution in [3.05, 3.63) is 0 Å². The zero-order chi connectivity index (χ0) is 9.76. The summed E-state index contributed by atoms with van der Waals surface area (Å²) in [6, 6.07) is 0.537. The Morgan fingerprint density at radius 2 is 1.93 bits per heavy atom. The number of nitrogens with two attached hydrogens (primary N) is 1. The van der Waals surface area contributed by atoms with Crippen LogP contribution in [0, 0.1) is 17.3 Å². The molecule has 3 aliphatic rings. The molecule has 1 aliphatic heterocycles. The average Bonchev–Trinajstić information content (AvgIpc) is 2.75. The molecule has 2 N–H and O–H groups in total. The van der Waals surface area contributed by atoms with Crippen molar-refractivity contribution in [1.29, 1.82) is 0 Å². The van der Waals surface area contributed by atoms with E-state index >= 15 is 0 Å². The van der Waals surface area contributed by atoms with Gasteiger partial charge in [0, 0.05) is 6.04 Å². The third-order valence-corrected chi connectivity index (χ3v) is 5.38. The molecule has 2 nitrogen and oxygen atoms in total. The van der Waals surface area contributed by atoms with Crippen LogP contribution in [0.15, 0.2) is 0 Å². The Bertz CT molecular complexity index is 226. The van der Waals surface area contributed by atoms with E-state index in [1.165, 1.54) is 45.2 Å². The van der Waals surface area contributed by atoms with E-state index in [0.717, 1.165) is 11.8 Å². The minimum absolute atomic E-state index is 0.537. The van der Waals surface area contributed by atoms with Crippen molar-refractivity contribution in [2.45, 2.75) is 38.1 Å². The van der Waals surface area contributed by atoms with Gasteiger partial charge >= 0.3 is 0 Å². The summed E-state index contributed by atoms with van der Waals surface area (Å²) in [6.45, 7) is 2.55. The first-order valence-corrected chi connectivity index (χ1v) is 6.16. The highest BCUT2D eigenvalue weighted by molar-refractivity contribution is 5.09. The van der Waals surface area contributed by atoms with E-state index in [9.17, 15) is 0 Å². The summed E-state index contributed by atoms with van der Waals surface area (Å²) < 4.78 is 0. The average molecular weight is 194 g/mol. The van der Waals surface area contributed by atoms with Crippen LogP contribution in [0.5, 0.6) is 0 Å². The van der Waals surface area contributed by atoms with Crippen LogP contribution >= 0.6 is 0 Å². The molecule has 3 fully saturated rings. The second-order valence-corrected chi connectivity index (χ2v) is 5.83. The lowest BCUT2D eigenvalue weighted by Gasteiger charge is -2.47. The molecule has 0 aromatic heterocycles. The van der Waals surface area contributed by atoms with Crippen molar-refractivity contribution in [1.82, 2.24) is 4.90 Å². The fraction of sp³-hybridized carbons (Fsp3) is 1.00. The summed E-state index contributed by atoms with van der Waals surface area (Å²) in [4.78, 5) is 2.46. The van der Waals surface area contributed by atoms with Gasteiger partial charge in [0.25, 0.3) is 0 Å². The van der Waals surface area contributed by atoms with Gasteiger partial charge in [-0.2, -0.15) is 0 Å². The molecule has 1 saturated heterocycles. The summed E-state index contributed by atoms with van der Waals surface area (Å²) in [5.41, 5.74) is 7.02. The third-order valence-electron chi connectivity index (χ3n) is 5.38. The van der Waals surface area contributed by atoms with E-state index in [0.29, 0.717) is 11.5 Å². The molecule has 0 aromatic rings. The maximum absolute atomic E-state index is 6.46. The minimum atomic E-state index is 0.537. The number of hydrogen-bond donors (Lipinski definition) is 1. The van der Waals surface area contributed by atoms with E-state index < -0.39 is 0 Å². The Kier molecular flexibility index (Phi) is 1.94. The van der Waals surface area contributed by atoms with Gasteiger partial charge in [-0.15, -0.1) is 0 Å². The Hall–Kier alpha value is -0.0800. The predicted molar refractivity (Wildman–Crippen MR) is 58.0 cm³/mol. The zero-order valence-electron chi connectivity index (χ0n) is 9.21. The highest BCUT2D eigenvalue weighted by atomic mass is 15.1. The smallest absolute Gasteiger partial charge is 0.0128 e. The van der Waals surface area contributed by atoms with Gasteiger partial charge in [0.2, 0.25) is 0 Å². The lowest BCUT2D eigenvalue weighted by atomic mass is 9.64. The molecule has 1 heterocycles. The first kappa shape index (κ1) is 9.17. The monoisotopic (exact) mass is 194 g/mol. The number of hydrogen-bond acceptors (Lipinski definition) is 2. The van der Waals surface area contributed by atoms with Crippen LogP contribution in [-0.4, -0.2) is 31.1 Å². The maximum atomic E-state index is 6.46. The summed E-state index contributed by atoms with van der Waals surface area (Å²) in [6.07, 6.45) is 7.08. The molecular weight excluding hydrogens is 172 g/mol. The van der Waals surface area contributed by atoms with Crippen LogP contribution in [0.1, 0.15) is 32.1 Å². The lowest BCUT2D eigenvalue weighted by molar-refractivity contribution is 0.0451. The standard InChI is InChI=1S/C12H22N2/c1-14-6-4-12(5-7-14)10-3-2-9(8-10)11(12)13/h9-11H,2-8,13H2,1H3/t9-,10+,11-/m1/s1. The SMILES string of the molecule is CN1CCC2(CC1)[C@H]1CC[C@H](C1)[C@H]2N. The van der Waals surface area contributed by atoms with Crippen molar-refractivity contribution in [3.63, 3.8) is 0 Å². The van der Waals surface area contributed by atoms with E-state index in [2.05, 4.69) is 11.9 Å². The number of rotatable bonds is 0. The Morgan fingerprint density at radius 1 is 1.21 bits per heavy atom. The van der Waals surface area contributed by atoms with Crippen molar-refractivity contribution in [3.8, 4) is 0 Å². The van der Waals surface area contributed by atoms with Crippen LogP contribution in [0.25, 0.3) is 0 Å². The molecule has 14 heavy (non-hydrogen) atoms. The van der Waals surface area contributed by atoms with Gasteiger partial charge in [0.1, 0.15) is 0 Å². The molecule has 2 bridgehead atoms. The maximum Gasteiger partial charge on any atom is 0.0128 e. The summed E-state index contributed by atoms with van der Waals surface area (Å²) in [7, 11) is 2.24. The molecule has 0 amide bonds. The summed E-state index contributed by atoms with van der Waals surface area (Å²) in [5.74, 6) is 1.86. The van der Waals surface area contributed by atoms with Crippen LogP contribution in [0.4, 0.5) is 0 Å². The van der Waals surface area contributed by atoms with E-state index in [1.54, 1.807) is 0 Å². The van der Waals surface area contributed by atoms with Crippen LogP contribution in [-0.2, 0) is 0 Å². The van der Waals surface area contributed by atoms with Gasteiger partial charge < -0.3 is 10.6 Å². The van der Waals surface area contributed by atoms with Crippen molar-refractivity contribution >= 4 is 0 Å². The minimum Gasteiger partial charge on any atom is -0.327 e. The van der Waals surface area contributed by atoms with Crippen LogP contribution < -0.4 is 5.73 Å². The van der Waals surface area contributed by atoms with Gasteiger partial charge in [-0.3, -0.25) is 0 Å².